The molecule has 0 aliphatic carbocycles. The molecule has 0 bridgehead atoms. The van der Waals surface area contributed by atoms with E-state index in [0.717, 1.165) is 43.9 Å². The topological polar surface area (TPSA) is 62.3 Å². The van der Waals surface area contributed by atoms with E-state index in [4.69, 9.17) is 9.47 Å². The van der Waals surface area contributed by atoms with E-state index in [1.54, 1.807) is 32.9 Å². The summed E-state index contributed by atoms with van der Waals surface area (Å²) in [7, 11) is 0. The van der Waals surface area contributed by atoms with Crippen molar-refractivity contribution in [1.29, 1.82) is 0 Å². The molecule has 3 aliphatic rings. The van der Waals surface area contributed by atoms with Crippen molar-refractivity contribution in [2.75, 3.05) is 49.2 Å². The Morgan fingerprint density at radius 1 is 0.973 bits per heavy atom. The van der Waals surface area contributed by atoms with Gasteiger partial charge in [0.1, 0.15) is 5.60 Å². The van der Waals surface area contributed by atoms with Gasteiger partial charge < -0.3 is 24.2 Å². The average Bonchev–Trinajstić information content (AvgIpc) is 3.38. The van der Waals surface area contributed by atoms with Gasteiger partial charge in [-0.05, 0) is 90.6 Å². The highest BCUT2D eigenvalue weighted by Gasteiger charge is 2.46. The average molecular weight is 526 g/mol. The highest BCUT2D eigenvalue weighted by atomic mass is 19.4. The van der Waals surface area contributed by atoms with E-state index in [1.807, 2.05) is 0 Å². The van der Waals surface area contributed by atoms with Gasteiger partial charge in [-0.25, -0.2) is 4.79 Å². The molecule has 3 saturated heterocycles. The predicted octanol–water partition coefficient (Wildman–Crippen LogP) is 4.78. The Balaban J connectivity index is 1.68. The zero-order valence-electron chi connectivity index (χ0n) is 22.0. The van der Waals surface area contributed by atoms with E-state index < -0.39 is 29.7 Å². The van der Waals surface area contributed by atoms with Crippen LogP contribution in [0.15, 0.2) is 18.2 Å². The Bertz CT molecular complexity index is 959. The molecule has 10 heteroatoms. The molecule has 0 unspecified atom stereocenters. The molecule has 1 amide bonds. The zero-order chi connectivity index (χ0) is 26.8. The first-order valence-corrected chi connectivity index (χ1v) is 13.3. The number of nitrogens with zero attached hydrogens (tertiary/aromatic N) is 3. The highest BCUT2D eigenvalue weighted by Crippen LogP contribution is 2.36. The Morgan fingerprint density at radius 3 is 2.16 bits per heavy atom. The minimum Gasteiger partial charge on any atom is -0.456 e. The fourth-order valence-electron chi connectivity index (χ4n) is 5.57. The van der Waals surface area contributed by atoms with E-state index >= 15 is 0 Å². The van der Waals surface area contributed by atoms with Crippen molar-refractivity contribution in [3.8, 4) is 0 Å². The van der Waals surface area contributed by atoms with Gasteiger partial charge in [0, 0.05) is 44.1 Å². The predicted molar refractivity (Wildman–Crippen MR) is 135 cm³/mol. The van der Waals surface area contributed by atoms with Gasteiger partial charge in [-0.3, -0.25) is 4.79 Å². The number of hydrogen-bond donors (Lipinski definition) is 0. The largest absolute Gasteiger partial charge is 0.471 e. The van der Waals surface area contributed by atoms with Crippen LogP contribution >= 0.6 is 0 Å². The number of carbonyl (C=O) groups is 2. The van der Waals surface area contributed by atoms with Crippen LogP contribution in [0.1, 0.15) is 69.7 Å². The van der Waals surface area contributed by atoms with Crippen LogP contribution in [0.3, 0.4) is 0 Å². The maximum absolute atomic E-state index is 13.8. The number of ether oxygens (including phenoxy) is 2. The second kappa shape index (κ2) is 11.2. The summed E-state index contributed by atoms with van der Waals surface area (Å²) in [5, 5.41) is 0. The van der Waals surface area contributed by atoms with Gasteiger partial charge in [-0.1, -0.05) is 0 Å². The second-order valence-corrected chi connectivity index (χ2v) is 11.2. The molecule has 0 radical (unpaired) electrons. The molecule has 4 rings (SSSR count). The molecule has 0 aromatic heterocycles. The Hall–Kier alpha value is -2.33. The molecule has 37 heavy (non-hydrogen) atoms. The van der Waals surface area contributed by atoms with Crippen molar-refractivity contribution in [3.05, 3.63) is 23.8 Å². The van der Waals surface area contributed by atoms with E-state index in [-0.39, 0.29) is 37.3 Å². The summed E-state index contributed by atoms with van der Waals surface area (Å²) in [5.41, 5.74) is -0.242. The lowest BCUT2D eigenvalue weighted by Crippen LogP contribution is -2.50. The van der Waals surface area contributed by atoms with E-state index in [9.17, 15) is 22.8 Å². The monoisotopic (exact) mass is 525 g/mol. The zero-order valence-corrected chi connectivity index (χ0v) is 22.0. The summed E-state index contributed by atoms with van der Waals surface area (Å²) < 4.78 is 52.4. The Labute approximate surface area is 216 Å². The molecule has 206 valence electrons. The van der Waals surface area contributed by atoms with Crippen LogP contribution in [0.2, 0.25) is 0 Å². The number of alkyl halides is 3. The molecule has 0 saturated carbocycles. The summed E-state index contributed by atoms with van der Waals surface area (Å²) >= 11 is 0. The molecular formula is C27H38F3N3O4. The van der Waals surface area contributed by atoms with Crippen LogP contribution in [0.5, 0.6) is 0 Å². The van der Waals surface area contributed by atoms with Crippen molar-refractivity contribution in [2.24, 2.45) is 0 Å². The number of rotatable bonds is 5. The first-order valence-electron chi connectivity index (χ1n) is 13.3. The molecular weight excluding hydrogens is 487 g/mol. The molecule has 3 aliphatic heterocycles. The van der Waals surface area contributed by atoms with Crippen LogP contribution in [-0.2, 0) is 14.3 Å². The molecule has 3 heterocycles. The van der Waals surface area contributed by atoms with Crippen molar-refractivity contribution in [2.45, 2.75) is 83.2 Å². The maximum atomic E-state index is 13.8. The van der Waals surface area contributed by atoms with Gasteiger partial charge in [0.05, 0.1) is 11.3 Å². The summed E-state index contributed by atoms with van der Waals surface area (Å²) in [4.78, 5) is 31.4. The van der Waals surface area contributed by atoms with Crippen LogP contribution in [0, 0.1) is 0 Å². The normalized spacial score (nSPS) is 20.8. The number of likely N-dealkylation sites (tertiary alicyclic amines) is 1. The third kappa shape index (κ3) is 6.76. The van der Waals surface area contributed by atoms with Gasteiger partial charge in [0.25, 0.3) is 0 Å². The van der Waals surface area contributed by atoms with Crippen molar-refractivity contribution in [3.63, 3.8) is 0 Å². The van der Waals surface area contributed by atoms with Gasteiger partial charge in [0.15, 0.2) is 0 Å². The molecule has 0 spiro atoms. The Kier molecular flexibility index (Phi) is 8.38. The van der Waals surface area contributed by atoms with Crippen LogP contribution in [0.25, 0.3) is 0 Å². The SMILES string of the molecule is CC(C)(C)OC(=O)c1ccc(N2CCC(N3CCCC3)CC2)cc1N(C(=O)C(F)(F)F)C1CCOCC1. The lowest BCUT2D eigenvalue weighted by Gasteiger charge is -2.39. The number of hydrogen-bond acceptors (Lipinski definition) is 6. The molecule has 0 atom stereocenters. The molecule has 1 aromatic rings. The first kappa shape index (κ1) is 27.7. The number of benzene rings is 1. The van der Waals surface area contributed by atoms with E-state index in [0.29, 0.717) is 11.7 Å². The molecule has 0 N–H and O–H groups in total. The first-order chi connectivity index (χ1) is 17.4. The highest BCUT2D eigenvalue weighted by molar-refractivity contribution is 6.05. The van der Waals surface area contributed by atoms with Crippen LogP contribution < -0.4 is 9.80 Å². The number of piperidine rings is 1. The minimum atomic E-state index is -5.09. The summed E-state index contributed by atoms with van der Waals surface area (Å²) in [6.07, 6.45) is -0.200. The summed E-state index contributed by atoms with van der Waals surface area (Å²) in [6.45, 7) is 9.35. The van der Waals surface area contributed by atoms with Gasteiger partial charge >= 0.3 is 18.1 Å². The third-order valence-electron chi connectivity index (χ3n) is 7.36. The fourth-order valence-corrected chi connectivity index (χ4v) is 5.57. The lowest BCUT2D eigenvalue weighted by atomic mass is 10.0. The number of halogens is 3. The standard InChI is InChI=1S/C27H38F3N3O4/c1-26(2,3)37-24(34)22-7-6-21(32-14-8-19(9-15-32)31-12-4-5-13-31)18-23(22)33(25(35)27(28,29)30)20-10-16-36-17-11-20/h6-7,18-20H,4-5,8-17H2,1-3H3. The van der Waals surface area contributed by atoms with Crippen molar-refractivity contribution >= 4 is 23.3 Å². The van der Waals surface area contributed by atoms with Gasteiger partial charge in [-0.2, -0.15) is 13.2 Å². The van der Waals surface area contributed by atoms with Crippen LogP contribution in [-0.4, -0.2) is 80.0 Å². The number of anilines is 2. The third-order valence-corrected chi connectivity index (χ3v) is 7.36. The quantitative estimate of drug-likeness (QED) is 0.516. The Morgan fingerprint density at radius 2 is 1.59 bits per heavy atom. The second-order valence-electron chi connectivity index (χ2n) is 11.2. The van der Waals surface area contributed by atoms with E-state index in [1.165, 1.54) is 18.9 Å². The van der Waals surface area contributed by atoms with Gasteiger partial charge in [-0.15, -0.1) is 0 Å². The molecule has 7 nitrogen and oxygen atoms in total. The van der Waals surface area contributed by atoms with Crippen LogP contribution in [0.4, 0.5) is 24.5 Å². The van der Waals surface area contributed by atoms with Crippen molar-refractivity contribution < 1.29 is 32.2 Å². The number of carbonyl (C=O) groups excluding carboxylic acids is 2. The molecule has 3 fully saturated rings. The van der Waals surface area contributed by atoms with E-state index in [2.05, 4.69) is 9.80 Å². The fraction of sp³-hybridized carbons (Fsp3) is 0.704. The summed E-state index contributed by atoms with van der Waals surface area (Å²) in [6, 6.07) is 4.60. The lowest BCUT2D eigenvalue weighted by molar-refractivity contribution is -0.171. The smallest absolute Gasteiger partial charge is 0.456 e. The molecule has 1 aromatic carbocycles. The summed E-state index contributed by atoms with van der Waals surface area (Å²) in [5.74, 6) is -2.73. The van der Waals surface area contributed by atoms with Crippen molar-refractivity contribution in [1.82, 2.24) is 4.90 Å². The number of esters is 1. The number of amides is 1. The maximum Gasteiger partial charge on any atom is 0.471 e. The van der Waals surface area contributed by atoms with Gasteiger partial charge in [0.2, 0.25) is 0 Å². The minimum absolute atomic E-state index is 0.0466.